The summed E-state index contributed by atoms with van der Waals surface area (Å²) >= 11 is 1.95. The van der Waals surface area contributed by atoms with Gasteiger partial charge in [0, 0.05) is 17.0 Å². The van der Waals surface area contributed by atoms with Gasteiger partial charge in [-0.1, -0.05) is 31.9 Å². The van der Waals surface area contributed by atoms with Gasteiger partial charge in [-0.25, -0.2) is 0 Å². The van der Waals surface area contributed by atoms with E-state index in [-0.39, 0.29) is 6.04 Å². The molecule has 0 amide bonds. The van der Waals surface area contributed by atoms with Crippen LogP contribution >= 0.6 is 11.8 Å². The van der Waals surface area contributed by atoms with Crippen LogP contribution in [0.5, 0.6) is 0 Å². The monoisotopic (exact) mass is 317 g/mol. The fourth-order valence-corrected chi connectivity index (χ4v) is 4.15. The minimum absolute atomic E-state index is 0.128. The van der Waals surface area contributed by atoms with E-state index in [1.54, 1.807) is 12.1 Å². The van der Waals surface area contributed by atoms with E-state index in [2.05, 4.69) is 5.32 Å². The molecule has 1 aliphatic carbocycles. The van der Waals surface area contributed by atoms with Gasteiger partial charge in [-0.05, 0) is 37.1 Å². The van der Waals surface area contributed by atoms with Gasteiger partial charge >= 0.3 is 6.18 Å². The lowest BCUT2D eigenvalue weighted by atomic mass is 10.1. The van der Waals surface area contributed by atoms with Crippen LogP contribution in [0.1, 0.15) is 49.8 Å². The molecule has 1 N–H and O–H groups in total. The summed E-state index contributed by atoms with van der Waals surface area (Å²) in [5.41, 5.74) is 0.361. The molecule has 1 atom stereocenters. The van der Waals surface area contributed by atoms with Crippen molar-refractivity contribution in [2.75, 3.05) is 12.3 Å². The second-order valence-electron chi connectivity index (χ2n) is 5.47. The summed E-state index contributed by atoms with van der Waals surface area (Å²) in [6.45, 7) is 2.84. The molecule has 0 saturated heterocycles. The van der Waals surface area contributed by atoms with Gasteiger partial charge in [0.05, 0.1) is 5.56 Å². The lowest BCUT2D eigenvalue weighted by molar-refractivity contribution is -0.137. The molecular formula is C16H22F3NS. The molecule has 0 spiro atoms. The highest BCUT2D eigenvalue weighted by atomic mass is 32.2. The smallest absolute Gasteiger partial charge is 0.310 e. The third-order valence-electron chi connectivity index (χ3n) is 3.89. The Morgan fingerprint density at radius 3 is 2.33 bits per heavy atom. The molecule has 1 nitrogen and oxygen atoms in total. The van der Waals surface area contributed by atoms with Crippen molar-refractivity contribution in [1.29, 1.82) is 0 Å². The number of alkyl halides is 3. The highest BCUT2D eigenvalue weighted by Gasteiger charge is 2.30. The second kappa shape index (κ2) is 7.54. The van der Waals surface area contributed by atoms with E-state index in [0.29, 0.717) is 0 Å². The van der Waals surface area contributed by atoms with Crippen LogP contribution in [0.25, 0.3) is 0 Å². The lowest BCUT2D eigenvalue weighted by Crippen LogP contribution is -2.24. The van der Waals surface area contributed by atoms with Crippen LogP contribution in [0.15, 0.2) is 24.3 Å². The van der Waals surface area contributed by atoms with Gasteiger partial charge < -0.3 is 5.32 Å². The third-order valence-corrected chi connectivity index (χ3v) is 5.36. The van der Waals surface area contributed by atoms with Gasteiger partial charge in [-0.3, -0.25) is 0 Å². The van der Waals surface area contributed by atoms with E-state index in [0.717, 1.165) is 23.1 Å². The summed E-state index contributed by atoms with van der Waals surface area (Å²) < 4.78 is 37.8. The van der Waals surface area contributed by atoms with Crippen LogP contribution < -0.4 is 5.32 Å². The quantitative estimate of drug-likeness (QED) is 0.789. The topological polar surface area (TPSA) is 12.0 Å². The van der Waals surface area contributed by atoms with Gasteiger partial charge in [-0.2, -0.15) is 24.9 Å². The maximum atomic E-state index is 12.6. The van der Waals surface area contributed by atoms with Crippen molar-refractivity contribution in [2.24, 2.45) is 0 Å². The summed E-state index contributed by atoms with van der Waals surface area (Å²) in [7, 11) is 0. The minimum atomic E-state index is -4.26. The number of rotatable bonds is 6. The Kier molecular flexibility index (Phi) is 5.99. The zero-order valence-corrected chi connectivity index (χ0v) is 13.1. The lowest BCUT2D eigenvalue weighted by Gasteiger charge is -2.20. The van der Waals surface area contributed by atoms with Crippen molar-refractivity contribution in [3.8, 4) is 0 Å². The fraction of sp³-hybridized carbons (Fsp3) is 0.625. The Hall–Kier alpha value is -0.680. The van der Waals surface area contributed by atoms with Crippen molar-refractivity contribution in [3.63, 3.8) is 0 Å². The van der Waals surface area contributed by atoms with Crippen LogP contribution in [0, 0.1) is 0 Å². The predicted molar refractivity (Wildman–Crippen MR) is 82.6 cm³/mol. The van der Waals surface area contributed by atoms with Crippen LogP contribution in [0.2, 0.25) is 0 Å². The molecule has 1 unspecified atom stereocenters. The molecule has 21 heavy (non-hydrogen) atoms. The maximum Gasteiger partial charge on any atom is 0.416 e. The van der Waals surface area contributed by atoms with E-state index in [1.807, 2.05) is 18.7 Å². The second-order valence-corrected chi connectivity index (χ2v) is 6.80. The molecule has 2 rings (SSSR count). The number of benzene rings is 1. The van der Waals surface area contributed by atoms with Gasteiger partial charge in [0.25, 0.3) is 0 Å². The highest BCUT2D eigenvalue weighted by Crippen LogP contribution is 2.33. The molecule has 1 aliphatic rings. The van der Waals surface area contributed by atoms with Gasteiger partial charge in [0.1, 0.15) is 0 Å². The highest BCUT2D eigenvalue weighted by molar-refractivity contribution is 7.99. The van der Waals surface area contributed by atoms with Crippen molar-refractivity contribution in [1.82, 2.24) is 5.32 Å². The zero-order chi connectivity index (χ0) is 15.3. The maximum absolute atomic E-state index is 12.6. The summed E-state index contributed by atoms with van der Waals surface area (Å²) in [6, 6.07) is 5.69. The van der Waals surface area contributed by atoms with Crippen LogP contribution in [0.4, 0.5) is 13.2 Å². The first-order chi connectivity index (χ1) is 10.0. The van der Waals surface area contributed by atoms with Gasteiger partial charge in [-0.15, -0.1) is 0 Å². The van der Waals surface area contributed by atoms with E-state index in [1.165, 1.54) is 37.8 Å². The first kappa shape index (κ1) is 16.7. The van der Waals surface area contributed by atoms with Crippen LogP contribution in [-0.2, 0) is 6.18 Å². The van der Waals surface area contributed by atoms with Crippen LogP contribution in [-0.4, -0.2) is 17.5 Å². The summed E-state index contributed by atoms with van der Waals surface area (Å²) in [4.78, 5) is 0. The number of nitrogens with one attached hydrogen (secondary N) is 1. The zero-order valence-electron chi connectivity index (χ0n) is 12.2. The van der Waals surface area contributed by atoms with Crippen molar-refractivity contribution >= 4 is 11.8 Å². The first-order valence-corrected chi connectivity index (χ1v) is 8.57. The Balaban J connectivity index is 1.99. The van der Waals surface area contributed by atoms with E-state index >= 15 is 0 Å². The average molecular weight is 317 g/mol. The summed E-state index contributed by atoms with van der Waals surface area (Å²) in [5, 5.41) is 4.10. The molecule has 1 fully saturated rings. The summed E-state index contributed by atoms with van der Waals surface area (Å²) in [6.07, 6.45) is 0.908. The number of thioether (sulfide) groups is 1. The molecule has 1 aromatic carbocycles. The molecular weight excluding hydrogens is 295 g/mol. The summed E-state index contributed by atoms with van der Waals surface area (Å²) in [5.74, 6) is 0.921. The fourth-order valence-electron chi connectivity index (χ4n) is 2.71. The Morgan fingerprint density at radius 2 is 1.81 bits per heavy atom. The number of halogens is 3. The standard InChI is InChI=1S/C16H22F3NS/c1-2-20-15(11-21-14-5-3-4-6-14)12-7-9-13(10-8-12)16(17,18)19/h7-10,14-15,20H,2-6,11H2,1H3. The van der Waals surface area contributed by atoms with E-state index in [9.17, 15) is 13.2 Å². The molecule has 1 saturated carbocycles. The Labute approximate surface area is 128 Å². The molecule has 0 aromatic heterocycles. The molecule has 1 aromatic rings. The molecule has 0 aliphatic heterocycles. The SMILES string of the molecule is CCNC(CSC1CCCC1)c1ccc(C(F)(F)F)cc1. The molecule has 0 radical (unpaired) electrons. The van der Waals surface area contributed by atoms with Crippen LogP contribution in [0.3, 0.4) is 0 Å². The Bertz CT molecular complexity index is 424. The first-order valence-electron chi connectivity index (χ1n) is 7.53. The number of hydrogen-bond acceptors (Lipinski definition) is 2. The molecule has 0 heterocycles. The van der Waals surface area contributed by atoms with E-state index < -0.39 is 11.7 Å². The Morgan fingerprint density at radius 1 is 1.19 bits per heavy atom. The normalized spacial score (nSPS) is 18.1. The van der Waals surface area contributed by atoms with Crippen molar-refractivity contribution < 1.29 is 13.2 Å². The molecule has 5 heteroatoms. The van der Waals surface area contributed by atoms with Gasteiger partial charge in [0.2, 0.25) is 0 Å². The molecule has 0 bridgehead atoms. The van der Waals surface area contributed by atoms with Gasteiger partial charge in [0.15, 0.2) is 0 Å². The molecule has 118 valence electrons. The average Bonchev–Trinajstić information content (AvgIpc) is 2.96. The van der Waals surface area contributed by atoms with Crippen molar-refractivity contribution in [3.05, 3.63) is 35.4 Å². The number of hydrogen-bond donors (Lipinski definition) is 1. The largest absolute Gasteiger partial charge is 0.416 e. The van der Waals surface area contributed by atoms with E-state index in [4.69, 9.17) is 0 Å². The van der Waals surface area contributed by atoms with Crippen molar-refractivity contribution in [2.45, 2.75) is 50.1 Å². The minimum Gasteiger partial charge on any atom is -0.310 e. The predicted octanol–water partition coefficient (Wildman–Crippen LogP) is 5.03. The third kappa shape index (κ3) is 4.92.